The van der Waals surface area contributed by atoms with Crippen LogP contribution in [0.4, 0.5) is 4.39 Å². The molecule has 0 radical (unpaired) electrons. The zero-order chi connectivity index (χ0) is 11.8. The van der Waals surface area contributed by atoms with Gasteiger partial charge in [0.05, 0.1) is 29.4 Å². The van der Waals surface area contributed by atoms with Crippen LogP contribution in [0.5, 0.6) is 0 Å². The summed E-state index contributed by atoms with van der Waals surface area (Å²) in [5.41, 5.74) is 5.14. The van der Waals surface area contributed by atoms with E-state index in [1.54, 1.807) is 0 Å². The average molecular weight is 247 g/mol. The van der Waals surface area contributed by atoms with Gasteiger partial charge in [0.15, 0.2) is 15.7 Å². The van der Waals surface area contributed by atoms with E-state index >= 15 is 0 Å². The van der Waals surface area contributed by atoms with Gasteiger partial charge in [-0.25, -0.2) is 12.8 Å². The molecule has 0 saturated carbocycles. The van der Waals surface area contributed by atoms with Crippen molar-refractivity contribution in [1.29, 1.82) is 0 Å². The SMILES string of the molecule is NCC1(n2cc(F)cn2)CCS(=O)(=O)CC1. The molecule has 0 unspecified atom stereocenters. The molecule has 0 aliphatic carbocycles. The smallest absolute Gasteiger partial charge is 0.161 e. The highest BCUT2D eigenvalue weighted by molar-refractivity contribution is 7.91. The lowest BCUT2D eigenvalue weighted by Crippen LogP contribution is -2.47. The van der Waals surface area contributed by atoms with Crippen molar-refractivity contribution >= 4 is 9.84 Å². The molecule has 0 spiro atoms. The Morgan fingerprint density at radius 2 is 2.12 bits per heavy atom. The Balaban J connectivity index is 2.28. The summed E-state index contributed by atoms with van der Waals surface area (Å²) in [6.07, 6.45) is 3.17. The van der Waals surface area contributed by atoms with Crippen LogP contribution in [0.3, 0.4) is 0 Å². The Morgan fingerprint density at radius 3 is 2.56 bits per heavy atom. The van der Waals surface area contributed by atoms with Crippen LogP contribution in [0, 0.1) is 5.82 Å². The predicted octanol–water partition coefficient (Wildman–Crippen LogP) is -0.115. The van der Waals surface area contributed by atoms with Gasteiger partial charge < -0.3 is 5.73 Å². The molecule has 5 nitrogen and oxygen atoms in total. The number of nitrogens with zero attached hydrogens (tertiary/aromatic N) is 2. The number of hydrogen-bond donors (Lipinski definition) is 1. The second-order valence-corrected chi connectivity index (χ2v) is 6.49. The maximum absolute atomic E-state index is 12.9. The van der Waals surface area contributed by atoms with Gasteiger partial charge in [-0.1, -0.05) is 0 Å². The van der Waals surface area contributed by atoms with Crippen molar-refractivity contribution in [2.75, 3.05) is 18.1 Å². The molecule has 1 saturated heterocycles. The molecule has 2 N–H and O–H groups in total. The summed E-state index contributed by atoms with van der Waals surface area (Å²) in [4.78, 5) is 0. The molecule has 0 atom stereocenters. The van der Waals surface area contributed by atoms with Crippen molar-refractivity contribution < 1.29 is 12.8 Å². The van der Waals surface area contributed by atoms with Gasteiger partial charge in [-0.05, 0) is 12.8 Å². The quantitative estimate of drug-likeness (QED) is 0.790. The van der Waals surface area contributed by atoms with E-state index in [0.29, 0.717) is 12.8 Å². The number of aromatic nitrogens is 2. The van der Waals surface area contributed by atoms with Gasteiger partial charge in [-0.15, -0.1) is 0 Å². The highest BCUT2D eigenvalue weighted by Gasteiger charge is 2.38. The van der Waals surface area contributed by atoms with E-state index < -0.39 is 21.2 Å². The molecule has 0 amide bonds. The number of rotatable bonds is 2. The van der Waals surface area contributed by atoms with Crippen molar-refractivity contribution in [2.45, 2.75) is 18.4 Å². The van der Waals surface area contributed by atoms with Crippen LogP contribution < -0.4 is 5.73 Å². The Morgan fingerprint density at radius 1 is 1.50 bits per heavy atom. The van der Waals surface area contributed by atoms with Crippen LogP contribution in [-0.2, 0) is 15.4 Å². The van der Waals surface area contributed by atoms with Crippen LogP contribution in [0.25, 0.3) is 0 Å². The minimum Gasteiger partial charge on any atom is -0.328 e. The van der Waals surface area contributed by atoms with Crippen molar-refractivity contribution in [3.05, 3.63) is 18.2 Å². The molecule has 16 heavy (non-hydrogen) atoms. The molecule has 1 fully saturated rings. The molecule has 2 heterocycles. The van der Waals surface area contributed by atoms with Crippen LogP contribution in [0.1, 0.15) is 12.8 Å². The Kier molecular flexibility index (Phi) is 2.75. The summed E-state index contributed by atoms with van der Waals surface area (Å²) in [6.45, 7) is 0.268. The van der Waals surface area contributed by atoms with Gasteiger partial charge in [0.1, 0.15) is 0 Å². The first kappa shape index (κ1) is 11.5. The molecular weight excluding hydrogens is 233 g/mol. The third-order valence-corrected chi connectivity index (χ3v) is 4.83. The standard InChI is InChI=1S/C9H14FN3O2S/c10-8-5-12-13(6-8)9(7-11)1-3-16(14,15)4-2-9/h5-6H,1-4,7,11H2. The summed E-state index contributed by atoms with van der Waals surface area (Å²) in [5.74, 6) is -0.251. The van der Waals surface area contributed by atoms with E-state index in [1.807, 2.05) is 0 Å². The molecule has 1 aliphatic rings. The van der Waals surface area contributed by atoms with Crippen molar-refractivity contribution in [1.82, 2.24) is 9.78 Å². The third-order valence-electron chi connectivity index (χ3n) is 3.17. The average Bonchev–Trinajstić information content (AvgIpc) is 2.66. The summed E-state index contributed by atoms with van der Waals surface area (Å²) in [7, 11) is -2.96. The Labute approximate surface area is 93.4 Å². The van der Waals surface area contributed by atoms with Gasteiger partial charge in [-0.2, -0.15) is 5.10 Å². The summed E-state index contributed by atoms with van der Waals surface area (Å²) in [6, 6.07) is 0. The Bertz CT molecular complexity index is 469. The van der Waals surface area contributed by atoms with Gasteiger partial charge >= 0.3 is 0 Å². The fraction of sp³-hybridized carbons (Fsp3) is 0.667. The first-order valence-electron chi connectivity index (χ1n) is 5.09. The normalized spacial score (nSPS) is 23.1. The number of sulfone groups is 1. The van der Waals surface area contributed by atoms with E-state index in [0.717, 1.165) is 6.20 Å². The lowest BCUT2D eigenvalue weighted by Gasteiger charge is -2.36. The molecule has 7 heteroatoms. The maximum atomic E-state index is 12.9. The van der Waals surface area contributed by atoms with E-state index in [4.69, 9.17) is 5.73 Å². The van der Waals surface area contributed by atoms with E-state index in [2.05, 4.69) is 5.10 Å². The first-order chi connectivity index (χ1) is 7.47. The van der Waals surface area contributed by atoms with E-state index in [9.17, 15) is 12.8 Å². The molecule has 1 aliphatic heterocycles. The maximum Gasteiger partial charge on any atom is 0.161 e. The largest absolute Gasteiger partial charge is 0.328 e. The number of nitrogens with two attached hydrogens (primary N) is 1. The zero-order valence-electron chi connectivity index (χ0n) is 8.76. The molecule has 0 bridgehead atoms. The van der Waals surface area contributed by atoms with E-state index in [-0.39, 0.29) is 18.1 Å². The van der Waals surface area contributed by atoms with Crippen molar-refractivity contribution in [3.63, 3.8) is 0 Å². The zero-order valence-corrected chi connectivity index (χ0v) is 9.58. The fourth-order valence-electron chi connectivity index (χ4n) is 2.01. The molecular formula is C9H14FN3O2S. The van der Waals surface area contributed by atoms with Crippen molar-refractivity contribution in [3.8, 4) is 0 Å². The summed E-state index contributed by atoms with van der Waals surface area (Å²) >= 11 is 0. The topological polar surface area (TPSA) is 78.0 Å². The predicted molar refractivity (Wildman–Crippen MR) is 57.1 cm³/mol. The third kappa shape index (κ3) is 1.97. The molecule has 2 rings (SSSR count). The highest BCUT2D eigenvalue weighted by atomic mass is 32.2. The van der Waals surface area contributed by atoms with Gasteiger partial charge in [0.25, 0.3) is 0 Å². The van der Waals surface area contributed by atoms with Crippen molar-refractivity contribution in [2.24, 2.45) is 5.73 Å². The van der Waals surface area contributed by atoms with Crippen LogP contribution >= 0.6 is 0 Å². The molecule has 90 valence electrons. The minimum atomic E-state index is -2.96. The summed E-state index contributed by atoms with van der Waals surface area (Å²) < 4.78 is 37.1. The first-order valence-corrected chi connectivity index (χ1v) is 6.91. The van der Waals surface area contributed by atoms with Crippen LogP contribution in [0.2, 0.25) is 0 Å². The van der Waals surface area contributed by atoms with Gasteiger partial charge in [-0.3, -0.25) is 4.68 Å². The summed E-state index contributed by atoms with van der Waals surface area (Å²) in [5, 5.41) is 3.90. The lowest BCUT2D eigenvalue weighted by atomic mass is 9.93. The number of halogens is 1. The second kappa shape index (κ2) is 3.81. The molecule has 1 aromatic rings. The van der Waals surface area contributed by atoms with E-state index in [1.165, 1.54) is 10.9 Å². The molecule has 0 aromatic carbocycles. The number of hydrogen-bond acceptors (Lipinski definition) is 4. The fourth-order valence-corrected chi connectivity index (χ4v) is 3.59. The lowest BCUT2D eigenvalue weighted by molar-refractivity contribution is 0.237. The van der Waals surface area contributed by atoms with Gasteiger partial charge in [0, 0.05) is 6.54 Å². The minimum absolute atomic E-state index is 0.0890. The van der Waals surface area contributed by atoms with Crippen LogP contribution in [0.15, 0.2) is 12.4 Å². The van der Waals surface area contributed by atoms with Crippen LogP contribution in [-0.4, -0.2) is 36.2 Å². The monoisotopic (exact) mass is 247 g/mol. The molecule has 1 aromatic heterocycles. The Hall–Kier alpha value is -0.950. The highest BCUT2D eigenvalue weighted by Crippen LogP contribution is 2.29. The van der Waals surface area contributed by atoms with Gasteiger partial charge in [0.2, 0.25) is 0 Å². The second-order valence-electron chi connectivity index (χ2n) is 4.18.